The lowest BCUT2D eigenvalue weighted by atomic mass is 9.98. The highest BCUT2D eigenvalue weighted by molar-refractivity contribution is 6.31. The lowest BCUT2D eigenvalue weighted by molar-refractivity contribution is 0.202. The number of halogens is 1. The van der Waals surface area contributed by atoms with Crippen LogP contribution in [0.15, 0.2) is 48.5 Å². The maximum atomic E-state index is 6.26. The SMILES string of the molecule is COCCc1ccc(C(N)c2ccccc2Cl)cc1. The molecule has 0 aliphatic rings. The van der Waals surface area contributed by atoms with Crippen LogP contribution < -0.4 is 5.73 Å². The first-order valence-corrected chi connectivity index (χ1v) is 6.68. The van der Waals surface area contributed by atoms with Gasteiger partial charge in [-0.1, -0.05) is 54.1 Å². The first kappa shape index (κ1) is 14.1. The number of hydrogen-bond donors (Lipinski definition) is 1. The number of ether oxygens (including phenoxy) is 1. The van der Waals surface area contributed by atoms with E-state index in [1.807, 2.05) is 24.3 Å². The Bertz CT molecular complexity index is 525. The van der Waals surface area contributed by atoms with Gasteiger partial charge in [-0.25, -0.2) is 0 Å². The summed E-state index contributed by atoms with van der Waals surface area (Å²) in [7, 11) is 1.71. The molecule has 3 heteroatoms. The Kier molecular flexibility index (Phi) is 4.97. The van der Waals surface area contributed by atoms with E-state index in [-0.39, 0.29) is 6.04 Å². The Morgan fingerprint density at radius 1 is 1.11 bits per heavy atom. The maximum Gasteiger partial charge on any atom is 0.0566 e. The van der Waals surface area contributed by atoms with Crippen molar-refractivity contribution < 1.29 is 4.74 Å². The van der Waals surface area contributed by atoms with Crippen LogP contribution in [0.3, 0.4) is 0 Å². The van der Waals surface area contributed by atoms with Gasteiger partial charge in [-0.05, 0) is 29.2 Å². The molecule has 2 aromatic rings. The highest BCUT2D eigenvalue weighted by Crippen LogP contribution is 2.26. The molecule has 0 saturated heterocycles. The van der Waals surface area contributed by atoms with Crippen molar-refractivity contribution in [3.63, 3.8) is 0 Å². The van der Waals surface area contributed by atoms with E-state index >= 15 is 0 Å². The van der Waals surface area contributed by atoms with Crippen LogP contribution in [0.5, 0.6) is 0 Å². The zero-order valence-electron chi connectivity index (χ0n) is 11.0. The minimum absolute atomic E-state index is 0.190. The average Bonchev–Trinajstić information content (AvgIpc) is 2.45. The van der Waals surface area contributed by atoms with E-state index in [0.29, 0.717) is 5.02 Å². The van der Waals surface area contributed by atoms with Gasteiger partial charge in [0.25, 0.3) is 0 Å². The van der Waals surface area contributed by atoms with Crippen molar-refractivity contribution in [2.45, 2.75) is 12.5 Å². The van der Waals surface area contributed by atoms with Crippen molar-refractivity contribution in [1.82, 2.24) is 0 Å². The van der Waals surface area contributed by atoms with Gasteiger partial charge in [0.15, 0.2) is 0 Å². The van der Waals surface area contributed by atoms with E-state index in [1.54, 1.807) is 7.11 Å². The molecule has 1 atom stereocenters. The van der Waals surface area contributed by atoms with Gasteiger partial charge in [0.05, 0.1) is 12.6 Å². The fraction of sp³-hybridized carbons (Fsp3) is 0.250. The maximum absolute atomic E-state index is 6.26. The summed E-state index contributed by atoms with van der Waals surface area (Å²) in [5.74, 6) is 0. The molecule has 19 heavy (non-hydrogen) atoms. The molecule has 2 nitrogen and oxygen atoms in total. The second-order valence-electron chi connectivity index (χ2n) is 4.48. The fourth-order valence-electron chi connectivity index (χ4n) is 2.02. The minimum atomic E-state index is -0.190. The lowest BCUT2D eigenvalue weighted by Crippen LogP contribution is -2.12. The van der Waals surface area contributed by atoms with E-state index in [9.17, 15) is 0 Å². The molecule has 2 N–H and O–H groups in total. The molecular weight excluding hydrogens is 258 g/mol. The van der Waals surface area contributed by atoms with Gasteiger partial charge in [-0.3, -0.25) is 0 Å². The number of rotatable bonds is 5. The van der Waals surface area contributed by atoms with E-state index in [2.05, 4.69) is 24.3 Å². The summed E-state index contributed by atoms with van der Waals surface area (Å²) >= 11 is 6.17. The third-order valence-corrected chi connectivity index (χ3v) is 3.52. The monoisotopic (exact) mass is 275 g/mol. The van der Waals surface area contributed by atoms with E-state index < -0.39 is 0 Å². The second kappa shape index (κ2) is 6.71. The van der Waals surface area contributed by atoms with E-state index in [1.165, 1.54) is 5.56 Å². The number of methoxy groups -OCH3 is 1. The number of benzene rings is 2. The molecule has 0 fully saturated rings. The molecule has 0 aliphatic carbocycles. The van der Waals surface area contributed by atoms with Gasteiger partial charge < -0.3 is 10.5 Å². The van der Waals surface area contributed by atoms with Crippen LogP contribution in [0.2, 0.25) is 5.02 Å². The molecule has 1 unspecified atom stereocenters. The summed E-state index contributed by atoms with van der Waals surface area (Å²) in [4.78, 5) is 0. The van der Waals surface area contributed by atoms with Gasteiger partial charge in [-0.2, -0.15) is 0 Å². The van der Waals surface area contributed by atoms with Crippen molar-refractivity contribution in [3.8, 4) is 0 Å². The van der Waals surface area contributed by atoms with Crippen molar-refractivity contribution in [3.05, 3.63) is 70.2 Å². The Morgan fingerprint density at radius 2 is 1.79 bits per heavy atom. The smallest absolute Gasteiger partial charge is 0.0566 e. The quantitative estimate of drug-likeness (QED) is 0.905. The molecule has 100 valence electrons. The summed E-state index contributed by atoms with van der Waals surface area (Å²) in [6, 6.07) is 15.8. The van der Waals surface area contributed by atoms with Gasteiger partial charge in [0.1, 0.15) is 0 Å². The van der Waals surface area contributed by atoms with Crippen molar-refractivity contribution in [2.24, 2.45) is 5.73 Å². The number of hydrogen-bond acceptors (Lipinski definition) is 2. The van der Waals surface area contributed by atoms with Crippen LogP contribution in [0.25, 0.3) is 0 Å². The Labute approximate surface area is 119 Å². The predicted octanol–water partition coefficient (Wildman–Crippen LogP) is 3.58. The van der Waals surface area contributed by atoms with Gasteiger partial charge in [0.2, 0.25) is 0 Å². The van der Waals surface area contributed by atoms with Crippen LogP contribution in [0.4, 0.5) is 0 Å². The molecular formula is C16H18ClNO. The van der Waals surface area contributed by atoms with Crippen molar-refractivity contribution >= 4 is 11.6 Å². The average molecular weight is 276 g/mol. The predicted molar refractivity (Wildman–Crippen MR) is 79.5 cm³/mol. The Hall–Kier alpha value is -1.35. The third-order valence-electron chi connectivity index (χ3n) is 3.17. The summed E-state index contributed by atoms with van der Waals surface area (Å²) in [6.45, 7) is 0.732. The van der Waals surface area contributed by atoms with Crippen LogP contribution in [0.1, 0.15) is 22.7 Å². The summed E-state index contributed by atoms with van der Waals surface area (Å²) < 4.78 is 5.07. The largest absolute Gasteiger partial charge is 0.384 e. The standard InChI is InChI=1S/C16H18ClNO/c1-19-11-10-12-6-8-13(9-7-12)16(18)14-4-2-3-5-15(14)17/h2-9,16H,10-11,18H2,1H3. The van der Waals surface area contributed by atoms with E-state index in [0.717, 1.165) is 24.2 Å². The van der Waals surface area contributed by atoms with Crippen LogP contribution in [-0.4, -0.2) is 13.7 Å². The number of nitrogens with two attached hydrogens (primary N) is 1. The zero-order chi connectivity index (χ0) is 13.7. The molecule has 0 amide bonds. The highest BCUT2D eigenvalue weighted by atomic mass is 35.5. The summed E-state index contributed by atoms with van der Waals surface area (Å²) in [5.41, 5.74) is 9.52. The molecule has 2 aromatic carbocycles. The molecule has 0 spiro atoms. The van der Waals surface area contributed by atoms with Crippen molar-refractivity contribution in [1.29, 1.82) is 0 Å². The topological polar surface area (TPSA) is 35.2 Å². The molecule has 0 radical (unpaired) electrons. The first-order valence-electron chi connectivity index (χ1n) is 6.30. The van der Waals surface area contributed by atoms with Crippen molar-refractivity contribution in [2.75, 3.05) is 13.7 Å². The lowest BCUT2D eigenvalue weighted by Gasteiger charge is -2.14. The molecule has 2 rings (SSSR count). The van der Waals surface area contributed by atoms with Gasteiger partial charge in [-0.15, -0.1) is 0 Å². The summed E-state index contributed by atoms with van der Waals surface area (Å²) in [5, 5.41) is 0.707. The molecule has 0 saturated carbocycles. The second-order valence-corrected chi connectivity index (χ2v) is 4.89. The van der Waals surface area contributed by atoms with Gasteiger partial charge >= 0.3 is 0 Å². The third kappa shape index (κ3) is 3.57. The fourth-order valence-corrected chi connectivity index (χ4v) is 2.27. The molecule has 0 heterocycles. The van der Waals surface area contributed by atoms with Crippen LogP contribution >= 0.6 is 11.6 Å². The highest BCUT2D eigenvalue weighted by Gasteiger charge is 2.11. The minimum Gasteiger partial charge on any atom is -0.384 e. The zero-order valence-corrected chi connectivity index (χ0v) is 11.7. The Morgan fingerprint density at radius 3 is 2.42 bits per heavy atom. The van der Waals surface area contributed by atoms with Gasteiger partial charge in [0, 0.05) is 12.1 Å². The van der Waals surface area contributed by atoms with Crippen LogP contribution in [0, 0.1) is 0 Å². The van der Waals surface area contributed by atoms with Crippen LogP contribution in [-0.2, 0) is 11.2 Å². The molecule has 0 aromatic heterocycles. The normalized spacial score (nSPS) is 12.4. The Balaban J connectivity index is 2.16. The summed E-state index contributed by atoms with van der Waals surface area (Å²) in [6.07, 6.45) is 0.915. The first-order chi connectivity index (χ1) is 9.22. The van der Waals surface area contributed by atoms with E-state index in [4.69, 9.17) is 22.1 Å². The molecule has 0 aliphatic heterocycles. The molecule has 0 bridgehead atoms.